The van der Waals surface area contributed by atoms with Crippen molar-refractivity contribution in [2.75, 3.05) is 7.11 Å². The Labute approximate surface area is 84.7 Å². The van der Waals surface area contributed by atoms with Crippen LogP contribution < -0.4 is 0 Å². The van der Waals surface area contributed by atoms with Crippen molar-refractivity contribution in [3.8, 4) is 0 Å². The summed E-state index contributed by atoms with van der Waals surface area (Å²) in [5, 5.41) is 0. The van der Waals surface area contributed by atoms with Crippen molar-refractivity contribution in [1.29, 1.82) is 0 Å². The van der Waals surface area contributed by atoms with Crippen LogP contribution in [0, 0.1) is 0 Å². The number of alkyl halides is 1. The van der Waals surface area contributed by atoms with E-state index < -0.39 is 0 Å². The van der Waals surface area contributed by atoms with Crippen LogP contribution in [-0.2, 0) is 11.2 Å². The molecule has 0 unspecified atom stereocenters. The lowest BCUT2D eigenvalue weighted by molar-refractivity contribution is 0.158. The number of rotatable bonds is 5. The van der Waals surface area contributed by atoms with Gasteiger partial charge in [-0.1, -0.05) is 41.9 Å². The molecule has 0 N–H and O–H groups in total. The molecule has 0 fully saturated rings. The summed E-state index contributed by atoms with van der Waals surface area (Å²) in [5.41, 5.74) is 1.23. The van der Waals surface area contributed by atoms with E-state index in [1.807, 2.05) is 6.07 Å². The summed E-state index contributed by atoms with van der Waals surface area (Å²) in [7, 11) is 1.64. The van der Waals surface area contributed by atoms with Gasteiger partial charge in [0.1, 0.15) is 5.56 Å². The first kappa shape index (κ1) is 10.6. The minimum absolute atomic E-state index is 0.135. The van der Waals surface area contributed by atoms with Crippen LogP contribution in [0.25, 0.3) is 0 Å². The quantitative estimate of drug-likeness (QED) is 0.661. The van der Waals surface area contributed by atoms with E-state index in [0.717, 1.165) is 19.3 Å². The largest absolute Gasteiger partial charge is 0.366 e. The van der Waals surface area contributed by atoms with Gasteiger partial charge < -0.3 is 4.74 Å². The fourth-order valence-electron chi connectivity index (χ4n) is 1.23. The Bertz CT molecular complexity index is 223. The van der Waals surface area contributed by atoms with Gasteiger partial charge in [-0.3, -0.25) is 0 Å². The third kappa shape index (κ3) is 4.30. The van der Waals surface area contributed by atoms with Crippen molar-refractivity contribution in [2.45, 2.75) is 24.8 Å². The average molecular weight is 199 g/mol. The smallest absolute Gasteiger partial charge is 0.130 e. The molecule has 72 valence electrons. The summed E-state index contributed by atoms with van der Waals surface area (Å²) >= 11 is 5.81. The minimum Gasteiger partial charge on any atom is -0.366 e. The van der Waals surface area contributed by atoms with Gasteiger partial charge in [-0.2, -0.15) is 0 Å². The average Bonchev–Trinajstić information content (AvgIpc) is 2.19. The van der Waals surface area contributed by atoms with Crippen LogP contribution in [-0.4, -0.2) is 12.7 Å². The molecule has 0 saturated carbocycles. The zero-order valence-electron chi connectivity index (χ0n) is 7.87. The summed E-state index contributed by atoms with van der Waals surface area (Å²) in [4.78, 5) is 0. The Morgan fingerprint density at radius 2 is 2.00 bits per heavy atom. The summed E-state index contributed by atoms with van der Waals surface area (Å²) in [6.07, 6.45) is 3.06. The van der Waals surface area contributed by atoms with Gasteiger partial charge >= 0.3 is 0 Å². The van der Waals surface area contributed by atoms with Gasteiger partial charge in [0.15, 0.2) is 0 Å². The maximum Gasteiger partial charge on any atom is 0.130 e. The van der Waals surface area contributed by atoms with Crippen LogP contribution in [0.15, 0.2) is 30.3 Å². The van der Waals surface area contributed by atoms with E-state index in [0.29, 0.717) is 0 Å². The molecule has 13 heavy (non-hydrogen) atoms. The Morgan fingerprint density at radius 1 is 1.31 bits per heavy atom. The predicted molar refractivity (Wildman–Crippen MR) is 56.0 cm³/mol. The molecule has 0 aliphatic carbocycles. The standard InChI is InChI=1S/C11H15ClO/c1-13-11(12)9-5-8-10-6-3-2-4-7-10/h2-4,6-7,11H,5,8-9H2,1H3/t11-/m0/s1. The van der Waals surface area contributed by atoms with Crippen molar-refractivity contribution < 1.29 is 4.74 Å². The Morgan fingerprint density at radius 3 is 2.62 bits per heavy atom. The van der Waals surface area contributed by atoms with Crippen LogP contribution in [0.2, 0.25) is 0 Å². The van der Waals surface area contributed by atoms with E-state index in [2.05, 4.69) is 24.3 Å². The molecule has 0 bridgehead atoms. The maximum absolute atomic E-state index is 5.81. The van der Waals surface area contributed by atoms with Gasteiger partial charge in [0.25, 0.3) is 0 Å². The number of halogens is 1. The van der Waals surface area contributed by atoms with Gasteiger partial charge in [-0.05, 0) is 24.8 Å². The second-order valence-corrected chi connectivity index (χ2v) is 3.51. The highest BCUT2D eigenvalue weighted by Crippen LogP contribution is 2.10. The summed E-state index contributed by atoms with van der Waals surface area (Å²) in [5.74, 6) is 0. The number of aryl methyl sites for hydroxylation is 1. The van der Waals surface area contributed by atoms with E-state index >= 15 is 0 Å². The van der Waals surface area contributed by atoms with Crippen LogP contribution in [0.1, 0.15) is 18.4 Å². The first-order valence-electron chi connectivity index (χ1n) is 4.53. The Balaban J connectivity index is 2.20. The van der Waals surface area contributed by atoms with Gasteiger partial charge in [0.05, 0.1) is 0 Å². The van der Waals surface area contributed by atoms with E-state index in [9.17, 15) is 0 Å². The van der Waals surface area contributed by atoms with E-state index in [1.54, 1.807) is 7.11 Å². The lowest BCUT2D eigenvalue weighted by Gasteiger charge is -2.06. The third-order valence-electron chi connectivity index (χ3n) is 2.00. The molecule has 1 rings (SSSR count). The molecule has 0 aliphatic rings. The molecule has 1 nitrogen and oxygen atoms in total. The Kier molecular flexibility index (Phi) is 4.87. The minimum atomic E-state index is -0.135. The van der Waals surface area contributed by atoms with Crippen LogP contribution >= 0.6 is 11.6 Å². The number of benzene rings is 1. The van der Waals surface area contributed by atoms with Gasteiger partial charge in [-0.15, -0.1) is 0 Å². The zero-order valence-corrected chi connectivity index (χ0v) is 8.63. The highest BCUT2D eigenvalue weighted by molar-refractivity contribution is 6.19. The predicted octanol–water partition coefficient (Wildman–Crippen LogP) is 3.22. The molecule has 0 amide bonds. The molecular formula is C11H15ClO. The molecular weight excluding hydrogens is 184 g/mol. The summed E-state index contributed by atoms with van der Waals surface area (Å²) in [6, 6.07) is 10.4. The molecule has 0 aliphatic heterocycles. The maximum atomic E-state index is 5.81. The fraction of sp³-hybridized carbons (Fsp3) is 0.455. The number of ether oxygens (including phenoxy) is 1. The third-order valence-corrected chi connectivity index (χ3v) is 2.39. The van der Waals surface area contributed by atoms with Gasteiger partial charge in [0.2, 0.25) is 0 Å². The summed E-state index contributed by atoms with van der Waals surface area (Å²) < 4.78 is 4.95. The van der Waals surface area contributed by atoms with Crippen molar-refractivity contribution in [3.05, 3.63) is 35.9 Å². The first-order chi connectivity index (χ1) is 6.33. The lowest BCUT2D eigenvalue weighted by atomic mass is 10.1. The van der Waals surface area contributed by atoms with Crippen molar-refractivity contribution in [3.63, 3.8) is 0 Å². The lowest BCUT2D eigenvalue weighted by Crippen LogP contribution is -2.01. The fourth-order valence-corrected chi connectivity index (χ4v) is 1.38. The molecule has 1 aromatic rings. The van der Waals surface area contributed by atoms with Crippen LogP contribution in [0.4, 0.5) is 0 Å². The van der Waals surface area contributed by atoms with Crippen molar-refractivity contribution in [2.24, 2.45) is 0 Å². The molecule has 0 radical (unpaired) electrons. The molecule has 0 spiro atoms. The summed E-state index contributed by atoms with van der Waals surface area (Å²) in [6.45, 7) is 0. The van der Waals surface area contributed by atoms with Gasteiger partial charge in [-0.25, -0.2) is 0 Å². The normalized spacial score (nSPS) is 12.8. The SMILES string of the molecule is CO[C@H](Cl)CCCc1ccccc1. The van der Waals surface area contributed by atoms with E-state index in [1.165, 1.54) is 5.56 Å². The van der Waals surface area contributed by atoms with E-state index in [4.69, 9.17) is 16.3 Å². The highest BCUT2D eigenvalue weighted by atomic mass is 35.5. The molecule has 1 atom stereocenters. The number of hydrogen-bond donors (Lipinski definition) is 0. The van der Waals surface area contributed by atoms with Crippen LogP contribution in [0.5, 0.6) is 0 Å². The van der Waals surface area contributed by atoms with E-state index in [-0.39, 0.29) is 5.56 Å². The van der Waals surface area contributed by atoms with Crippen LogP contribution in [0.3, 0.4) is 0 Å². The van der Waals surface area contributed by atoms with Crippen molar-refractivity contribution in [1.82, 2.24) is 0 Å². The number of methoxy groups -OCH3 is 1. The topological polar surface area (TPSA) is 9.23 Å². The Hall–Kier alpha value is -0.530. The molecule has 2 heteroatoms. The monoisotopic (exact) mass is 198 g/mol. The second kappa shape index (κ2) is 6.01. The highest BCUT2D eigenvalue weighted by Gasteiger charge is 2.00. The molecule has 1 aromatic carbocycles. The molecule has 0 aromatic heterocycles. The molecule has 0 saturated heterocycles. The van der Waals surface area contributed by atoms with Crippen molar-refractivity contribution >= 4 is 11.6 Å². The van der Waals surface area contributed by atoms with Gasteiger partial charge in [0, 0.05) is 7.11 Å². The zero-order chi connectivity index (χ0) is 9.52. The second-order valence-electron chi connectivity index (χ2n) is 3.02. The number of hydrogen-bond acceptors (Lipinski definition) is 1. The molecule has 0 heterocycles. The first-order valence-corrected chi connectivity index (χ1v) is 4.97.